The molecule has 2 heterocycles. The Balaban J connectivity index is 1.28. The van der Waals surface area contributed by atoms with Crippen molar-refractivity contribution < 1.29 is 9.32 Å². The monoisotopic (exact) mass is 347 g/mol. The van der Waals surface area contributed by atoms with Gasteiger partial charge in [0.25, 0.3) is 5.91 Å². The summed E-state index contributed by atoms with van der Waals surface area (Å²) in [5.41, 5.74) is 3.41. The Morgan fingerprint density at radius 2 is 1.96 bits per heavy atom. The lowest BCUT2D eigenvalue weighted by atomic mass is 10.1. The molecule has 0 aliphatic rings. The van der Waals surface area contributed by atoms with Crippen LogP contribution in [-0.2, 0) is 6.42 Å². The molecule has 0 radical (unpaired) electrons. The van der Waals surface area contributed by atoms with Gasteiger partial charge in [0, 0.05) is 24.1 Å². The van der Waals surface area contributed by atoms with Crippen LogP contribution in [-0.4, -0.2) is 32.6 Å². The van der Waals surface area contributed by atoms with Crippen LogP contribution in [0, 0.1) is 0 Å². The first-order valence-corrected chi connectivity index (χ1v) is 8.38. The van der Waals surface area contributed by atoms with Crippen molar-refractivity contribution in [3.63, 3.8) is 0 Å². The van der Waals surface area contributed by atoms with E-state index >= 15 is 0 Å². The zero-order valence-corrected chi connectivity index (χ0v) is 14.0. The first-order chi connectivity index (χ1) is 12.8. The van der Waals surface area contributed by atoms with E-state index in [1.807, 2.05) is 24.3 Å². The van der Waals surface area contributed by atoms with E-state index in [1.54, 1.807) is 24.3 Å². The van der Waals surface area contributed by atoms with Crippen molar-refractivity contribution in [1.82, 2.24) is 25.4 Å². The molecule has 4 rings (SSSR count). The van der Waals surface area contributed by atoms with Crippen molar-refractivity contribution in [2.45, 2.75) is 12.8 Å². The Morgan fingerprint density at radius 1 is 1.12 bits per heavy atom. The molecular formula is C19H17N5O2. The summed E-state index contributed by atoms with van der Waals surface area (Å²) in [5, 5.41) is 6.70. The highest BCUT2D eigenvalue weighted by molar-refractivity contribution is 5.94. The minimum atomic E-state index is -0.103. The van der Waals surface area contributed by atoms with Crippen LogP contribution in [0.1, 0.15) is 22.6 Å². The average Bonchev–Trinajstić information content (AvgIpc) is 3.34. The zero-order valence-electron chi connectivity index (χ0n) is 14.0. The van der Waals surface area contributed by atoms with E-state index in [-0.39, 0.29) is 5.91 Å². The Kier molecular flexibility index (Phi) is 4.42. The van der Waals surface area contributed by atoms with Gasteiger partial charge in [-0.15, -0.1) is 0 Å². The Bertz CT molecular complexity index is 973. The number of imidazole rings is 1. The molecule has 130 valence electrons. The second-order valence-corrected chi connectivity index (χ2v) is 5.89. The predicted molar refractivity (Wildman–Crippen MR) is 96.5 cm³/mol. The summed E-state index contributed by atoms with van der Waals surface area (Å²) in [6.07, 6.45) is 2.87. The third-order valence-electron chi connectivity index (χ3n) is 4.08. The van der Waals surface area contributed by atoms with Crippen molar-refractivity contribution >= 4 is 16.9 Å². The number of hydrogen-bond donors (Lipinski definition) is 2. The molecule has 7 heteroatoms. The topological polar surface area (TPSA) is 96.7 Å². The van der Waals surface area contributed by atoms with Crippen molar-refractivity contribution in [3.05, 3.63) is 66.3 Å². The maximum absolute atomic E-state index is 12.2. The largest absolute Gasteiger partial charge is 0.352 e. The number of aryl methyl sites for hydroxylation is 1. The highest BCUT2D eigenvalue weighted by Crippen LogP contribution is 2.15. The van der Waals surface area contributed by atoms with Crippen LogP contribution in [0.15, 0.2) is 59.4 Å². The number of nitrogens with zero attached hydrogens (tertiary/aromatic N) is 3. The standard InChI is InChI=1S/C19H17N5O2/c25-19(14-9-7-13(8-10-14)18-21-12-26-24-18)20-11-3-6-17-22-15-4-1-2-5-16(15)23-17/h1-2,4-5,7-10,12H,3,6,11H2,(H,20,25)(H,22,23). The Hall–Kier alpha value is -3.48. The molecule has 0 saturated carbocycles. The number of fused-ring (bicyclic) bond motifs is 1. The fraction of sp³-hybridized carbons (Fsp3) is 0.158. The quantitative estimate of drug-likeness (QED) is 0.523. The van der Waals surface area contributed by atoms with Crippen LogP contribution in [0.25, 0.3) is 22.4 Å². The molecule has 0 fully saturated rings. The number of rotatable bonds is 6. The Labute approximate surface area is 149 Å². The molecule has 0 aliphatic carbocycles. The summed E-state index contributed by atoms with van der Waals surface area (Å²) in [6, 6.07) is 15.0. The van der Waals surface area contributed by atoms with E-state index in [1.165, 1.54) is 6.39 Å². The molecule has 0 aliphatic heterocycles. The summed E-state index contributed by atoms with van der Waals surface area (Å²) in [7, 11) is 0. The number of H-pyrrole nitrogens is 1. The van der Waals surface area contributed by atoms with Crippen LogP contribution in [0.5, 0.6) is 0 Å². The lowest BCUT2D eigenvalue weighted by molar-refractivity contribution is 0.0953. The van der Waals surface area contributed by atoms with Gasteiger partial charge in [0.05, 0.1) is 11.0 Å². The molecule has 4 aromatic rings. The van der Waals surface area contributed by atoms with Crippen LogP contribution in [0.2, 0.25) is 0 Å². The van der Waals surface area contributed by atoms with Gasteiger partial charge in [0.2, 0.25) is 12.2 Å². The number of carbonyl (C=O) groups is 1. The number of aromatic nitrogens is 4. The number of amides is 1. The molecule has 2 aromatic heterocycles. The van der Waals surface area contributed by atoms with E-state index < -0.39 is 0 Å². The molecule has 2 aromatic carbocycles. The normalized spacial score (nSPS) is 10.9. The summed E-state index contributed by atoms with van der Waals surface area (Å²) in [6.45, 7) is 0.586. The second kappa shape index (κ2) is 7.18. The molecule has 0 atom stereocenters. The fourth-order valence-corrected chi connectivity index (χ4v) is 2.75. The summed E-state index contributed by atoms with van der Waals surface area (Å²) in [4.78, 5) is 24.0. The second-order valence-electron chi connectivity index (χ2n) is 5.89. The van der Waals surface area contributed by atoms with Crippen molar-refractivity contribution in [2.75, 3.05) is 6.54 Å². The summed E-state index contributed by atoms with van der Waals surface area (Å²) in [5.74, 6) is 1.34. The van der Waals surface area contributed by atoms with E-state index in [0.717, 1.165) is 35.3 Å². The van der Waals surface area contributed by atoms with Gasteiger partial charge < -0.3 is 14.8 Å². The number of benzene rings is 2. The summed E-state index contributed by atoms with van der Waals surface area (Å²) < 4.78 is 4.72. The van der Waals surface area contributed by atoms with E-state index in [0.29, 0.717) is 17.9 Å². The maximum Gasteiger partial charge on any atom is 0.251 e. The van der Waals surface area contributed by atoms with Crippen LogP contribution in [0.3, 0.4) is 0 Å². The number of aromatic amines is 1. The highest BCUT2D eigenvalue weighted by atomic mass is 16.5. The smallest absolute Gasteiger partial charge is 0.251 e. The molecule has 0 unspecified atom stereocenters. The van der Waals surface area contributed by atoms with Gasteiger partial charge >= 0.3 is 0 Å². The predicted octanol–water partition coefficient (Wildman–Crippen LogP) is 2.98. The first-order valence-electron chi connectivity index (χ1n) is 8.38. The molecular weight excluding hydrogens is 330 g/mol. The first kappa shape index (κ1) is 16.0. The van der Waals surface area contributed by atoms with Gasteiger partial charge in [-0.3, -0.25) is 4.79 Å². The summed E-state index contributed by atoms with van der Waals surface area (Å²) >= 11 is 0. The van der Waals surface area contributed by atoms with Gasteiger partial charge in [-0.05, 0) is 30.7 Å². The maximum atomic E-state index is 12.2. The third-order valence-corrected chi connectivity index (χ3v) is 4.08. The SMILES string of the molecule is O=C(NCCCc1nc2ccccc2[nH]1)c1ccc(-c2ncon2)cc1. The van der Waals surface area contributed by atoms with E-state index in [9.17, 15) is 4.79 Å². The number of para-hydroxylation sites is 2. The van der Waals surface area contributed by atoms with Gasteiger partial charge in [0.1, 0.15) is 5.82 Å². The molecule has 0 bridgehead atoms. The number of nitrogens with one attached hydrogen (secondary N) is 2. The van der Waals surface area contributed by atoms with Crippen LogP contribution < -0.4 is 5.32 Å². The fourth-order valence-electron chi connectivity index (χ4n) is 2.75. The van der Waals surface area contributed by atoms with Crippen LogP contribution in [0.4, 0.5) is 0 Å². The minimum Gasteiger partial charge on any atom is -0.352 e. The van der Waals surface area contributed by atoms with Crippen molar-refractivity contribution in [1.29, 1.82) is 0 Å². The number of hydrogen-bond acceptors (Lipinski definition) is 5. The van der Waals surface area contributed by atoms with Crippen molar-refractivity contribution in [2.24, 2.45) is 0 Å². The lowest BCUT2D eigenvalue weighted by Gasteiger charge is -2.05. The van der Waals surface area contributed by atoms with E-state index in [2.05, 4.69) is 25.4 Å². The van der Waals surface area contributed by atoms with Gasteiger partial charge in [0.15, 0.2) is 0 Å². The lowest BCUT2D eigenvalue weighted by Crippen LogP contribution is -2.24. The molecule has 2 N–H and O–H groups in total. The van der Waals surface area contributed by atoms with Crippen molar-refractivity contribution in [3.8, 4) is 11.4 Å². The molecule has 7 nitrogen and oxygen atoms in total. The molecule has 0 spiro atoms. The van der Waals surface area contributed by atoms with E-state index in [4.69, 9.17) is 4.52 Å². The molecule has 0 saturated heterocycles. The van der Waals surface area contributed by atoms with Gasteiger partial charge in [-0.2, -0.15) is 4.98 Å². The molecule has 26 heavy (non-hydrogen) atoms. The minimum absolute atomic E-state index is 0.103. The zero-order chi connectivity index (χ0) is 17.8. The van der Waals surface area contributed by atoms with Gasteiger partial charge in [-0.1, -0.05) is 29.4 Å². The molecule has 1 amide bonds. The number of carbonyl (C=O) groups excluding carboxylic acids is 1. The van der Waals surface area contributed by atoms with Crippen LogP contribution >= 0.6 is 0 Å². The van der Waals surface area contributed by atoms with Gasteiger partial charge in [-0.25, -0.2) is 4.98 Å². The highest BCUT2D eigenvalue weighted by Gasteiger charge is 2.08. The third kappa shape index (κ3) is 3.46. The average molecular weight is 347 g/mol. The Morgan fingerprint density at radius 3 is 2.73 bits per heavy atom.